The van der Waals surface area contributed by atoms with Crippen molar-refractivity contribution in [3.8, 4) is 0 Å². The Balaban J connectivity index is 2.95. The van der Waals surface area contributed by atoms with Crippen LogP contribution in [0.25, 0.3) is 0 Å². The molecule has 0 aliphatic rings. The van der Waals surface area contributed by atoms with Crippen LogP contribution in [0.5, 0.6) is 0 Å². The molecule has 0 saturated heterocycles. The van der Waals surface area contributed by atoms with Crippen LogP contribution in [-0.4, -0.2) is 13.0 Å². The van der Waals surface area contributed by atoms with Crippen molar-refractivity contribution in [2.45, 2.75) is 25.4 Å². The summed E-state index contributed by atoms with van der Waals surface area (Å²) < 4.78 is 0. The molecule has 2 radical (unpaired) electrons. The van der Waals surface area contributed by atoms with Gasteiger partial charge in [0.15, 0.2) is 0 Å². The molecule has 2 heteroatoms. The Hall–Kier alpha value is 0.415. The van der Waals surface area contributed by atoms with Crippen molar-refractivity contribution in [2.24, 2.45) is 5.92 Å². The van der Waals surface area contributed by atoms with E-state index in [0.717, 1.165) is 6.42 Å². The molecule has 1 unspecified atom stereocenters. The van der Waals surface area contributed by atoms with Crippen molar-refractivity contribution in [1.29, 1.82) is 0 Å². The summed E-state index contributed by atoms with van der Waals surface area (Å²) in [6, 6.07) is 0. The zero-order valence-corrected chi connectivity index (χ0v) is 5.78. The summed E-state index contributed by atoms with van der Waals surface area (Å²) in [7, 11) is 5.36. The van der Waals surface area contributed by atoms with E-state index in [-0.39, 0.29) is 5.15 Å². The minimum Gasteiger partial charge on any atom is -0.186 e. The van der Waals surface area contributed by atoms with E-state index in [4.69, 9.17) is 7.85 Å². The Morgan fingerprint density at radius 2 is 2.00 bits per heavy atom. The second-order valence-electron chi connectivity index (χ2n) is 2.20. The Labute approximate surface area is 52.5 Å². The van der Waals surface area contributed by atoms with Gasteiger partial charge in [-0.25, -0.2) is 0 Å². The van der Waals surface area contributed by atoms with Crippen LogP contribution in [0.15, 0.2) is 0 Å². The third kappa shape index (κ3) is 6.41. The molecule has 0 rings (SSSR count). The van der Waals surface area contributed by atoms with Crippen molar-refractivity contribution in [3.05, 3.63) is 0 Å². The summed E-state index contributed by atoms with van der Waals surface area (Å²) in [5.41, 5.74) is 0. The fourth-order valence-electron chi connectivity index (χ4n) is 0.483. The minimum atomic E-state index is 0.0694. The monoisotopic (exact) mass is 114 g/mol. The molecule has 0 aromatic carbocycles. The lowest BCUT2D eigenvalue weighted by atomic mass is 9.95. The molecule has 40 valence electrons. The normalized spacial score (nSPS) is 14.9. The molecule has 0 bridgehead atoms. The van der Waals surface area contributed by atoms with Gasteiger partial charge in [0, 0.05) is 0 Å². The molecule has 0 aromatic heterocycles. The van der Waals surface area contributed by atoms with Gasteiger partial charge in [0.25, 0.3) is 0 Å². The molecule has 7 heavy (non-hydrogen) atoms. The molecule has 0 fully saturated rings. The summed E-state index contributed by atoms with van der Waals surface area (Å²) in [5, 5.41) is 0.0694. The van der Waals surface area contributed by atoms with Gasteiger partial charge in [-0.1, -0.05) is 13.8 Å². The van der Waals surface area contributed by atoms with Gasteiger partial charge in [-0.05, 0) is 17.5 Å². The molecule has 0 amide bonds. The van der Waals surface area contributed by atoms with E-state index in [1.165, 1.54) is 0 Å². The Morgan fingerprint density at radius 1 is 1.57 bits per heavy atom. The van der Waals surface area contributed by atoms with Gasteiger partial charge in [-0.3, -0.25) is 0 Å². The molecule has 0 saturated carbocycles. The van der Waals surface area contributed by atoms with Crippen LogP contribution in [-0.2, 0) is 0 Å². The SMILES string of the molecule is [B]C(S)CC(C)C. The highest BCUT2D eigenvalue weighted by atomic mass is 32.1. The number of hydrogen-bond acceptors (Lipinski definition) is 1. The Bertz CT molecular complexity index is 37.3. The van der Waals surface area contributed by atoms with Crippen molar-refractivity contribution in [1.82, 2.24) is 0 Å². The first-order valence-corrected chi connectivity index (χ1v) is 3.08. The third-order valence-electron chi connectivity index (χ3n) is 0.713. The van der Waals surface area contributed by atoms with Crippen molar-refractivity contribution < 1.29 is 0 Å². The van der Waals surface area contributed by atoms with Gasteiger partial charge in [0.05, 0.1) is 7.85 Å². The van der Waals surface area contributed by atoms with Gasteiger partial charge in [0.1, 0.15) is 0 Å². The lowest BCUT2D eigenvalue weighted by Gasteiger charge is -2.05. The van der Waals surface area contributed by atoms with Crippen LogP contribution in [0.3, 0.4) is 0 Å². The maximum atomic E-state index is 5.36. The maximum Gasteiger partial charge on any atom is 0.0842 e. The van der Waals surface area contributed by atoms with Gasteiger partial charge in [-0.15, -0.1) is 0 Å². The molecular weight excluding hydrogens is 103 g/mol. The van der Waals surface area contributed by atoms with Crippen LogP contribution in [0, 0.1) is 5.92 Å². The van der Waals surface area contributed by atoms with E-state index >= 15 is 0 Å². The van der Waals surface area contributed by atoms with Crippen LogP contribution >= 0.6 is 12.6 Å². The van der Waals surface area contributed by atoms with E-state index < -0.39 is 0 Å². The molecule has 0 nitrogen and oxygen atoms in total. The summed E-state index contributed by atoms with van der Waals surface area (Å²) in [6.45, 7) is 4.27. The van der Waals surface area contributed by atoms with Crippen LogP contribution in [0.4, 0.5) is 0 Å². The van der Waals surface area contributed by atoms with E-state index in [0.29, 0.717) is 5.92 Å². The van der Waals surface area contributed by atoms with Gasteiger partial charge < -0.3 is 0 Å². The topological polar surface area (TPSA) is 0 Å². The predicted octanol–water partition coefficient (Wildman–Crippen LogP) is 1.46. The van der Waals surface area contributed by atoms with E-state index in [2.05, 4.69) is 26.5 Å². The Kier molecular flexibility index (Phi) is 3.62. The molecule has 0 aliphatic heterocycles. The second kappa shape index (κ2) is 3.42. The van der Waals surface area contributed by atoms with E-state index in [9.17, 15) is 0 Å². The molecule has 0 spiro atoms. The largest absolute Gasteiger partial charge is 0.186 e. The first kappa shape index (κ1) is 7.41. The highest BCUT2D eigenvalue weighted by Crippen LogP contribution is 2.05. The smallest absolute Gasteiger partial charge is 0.0842 e. The molecule has 0 aromatic rings. The van der Waals surface area contributed by atoms with Gasteiger partial charge >= 0.3 is 0 Å². The third-order valence-corrected chi connectivity index (χ3v) is 0.924. The fourth-order valence-corrected chi connectivity index (χ4v) is 0.905. The minimum absolute atomic E-state index is 0.0694. The van der Waals surface area contributed by atoms with Gasteiger partial charge in [0.2, 0.25) is 0 Å². The van der Waals surface area contributed by atoms with Crippen LogP contribution in [0.2, 0.25) is 0 Å². The molecule has 0 N–H and O–H groups in total. The summed E-state index contributed by atoms with van der Waals surface area (Å²) in [5.74, 6) is 0.674. The van der Waals surface area contributed by atoms with Crippen molar-refractivity contribution >= 4 is 20.5 Å². The zero-order valence-electron chi connectivity index (χ0n) is 4.89. The lowest BCUT2D eigenvalue weighted by molar-refractivity contribution is 0.618. The number of thiol groups is 1. The molecule has 0 aliphatic carbocycles. The highest BCUT2D eigenvalue weighted by molar-refractivity contribution is 7.82. The first-order valence-electron chi connectivity index (χ1n) is 2.56. The summed E-state index contributed by atoms with van der Waals surface area (Å²) in [4.78, 5) is 0. The molecule has 1 atom stereocenters. The lowest BCUT2D eigenvalue weighted by Crippen LogP contribution is -2.01. The van der Waals surface area contributed by atoms with Crippen molar-refractivity contribution in [2.75, 3.05) is 0 Å². The van der Waals surface area contributed by atoms with Crippen LogP contribution in [0.1, 0.15) is 20.3 Å². The first-order chi connectivity index (χ1) is 3.13. The average molecular weight is 114 g/mol. The maximum absolute atomic E-state index is 5.36. The predicted molar refractivity (Wildman–Crippen MR) is 38.0 cm³/mol. The molecule has 0 heterocycles. The summed E-state index contributed by atoms with van der Waals surface area (Å²) in [6.07, 6.45) is 1.00. The zero-order chi connectivity index (χ0) is 5.86. The standard InChI is InChI=1S/C5H11BS/c1-4(2)3-5(6)7/h4-5,7H,3H2,1-2H3. The number of rotatable bonds is 2. The van der Waals surface area contributed by atoms with Crippen molar-refractivity contribution in [3.63, 3.8) is 0 Å². The highest BCUT2D eigenvalue weighted by Gasteiger charge is 1.96. The van der Waals surface area contributed by atoms with Crippen LogP contribution < -0.4 is 0 Å². The average Bonchev–Trinajstić information content (AvgIpc) is 1.27. The second-order valence-corrected chi connectivity index (χ2v) is 2.86. The molecular formula is C5H11BS. The Morgan fingerprint density at radius 3 is 2.00 bits per heavy atom. The van der Waals surface area contributed by atoms with Gasteiger partial charge in [-0.2, -0.15) is 12.6 Å². The van der Waals surface area contributed by atoms with E-state index in [1.807, 2.05) is 0 Å². The van der Waals surface area contributed by atoms with E-state index in [1.54, 1.807) is 0 Å². The number of hydrogen-bond donors (Lipinski definition) is 1. The quantitative estimate of drug-likeness (QED) is 0.407. The fraction of sp³-hybridized carbons (Fsp3) is 1.00. The summed E-state index contributed by atoms with van der Waals surface area (Å²) >= 11 is 4.02.